The molecule has 0 aromatic carbocycles. The molecular formula is C9H14Cl2N2O. The zero-order valence-corrected chi connectivity index (χ0v) is 9.27. The number of aromatic hydroxyl groups is 1. The monoisotopic (exact) mass is 236 g/mol. The Morgan fingerprint density at radius 1 is 1.43 bits per heavy atom. The first-order valence-corrected chi connectivity index (χ1v) is 4.25. The summed E-state index contributed by atoms with van der Waals surface area (Å²) in [5.41, 5.74) is 0.787. The molecule has 1 atom stereocenters. The molecule has 3 nitrogen and oxygen atoms in total. The molecule has 0 amide bonds. The maximum Gasteiger partial charge on any atom is 0.138 e. The zero-order valence-electron chi connectivity index (χ0n) is 7.64. The molecule has 1 aromatic rings. The predicted molar refractivity (Wildman–Crippen MR) is 60.4 cm³/mol. The van der Waals surface area contributed by atoms with Gasteiger partial charge in [0, 0.05) is 6.20 Å². The lowest BCUT2D eigenvalue weighted by Gasteiger charge is -2.09. The summed E-state index contributed by atoms with van der Waals surface area (Å²) >= 11 is 0. The summed E-state index contributed by atoms with van der Waals surface area (Å²) in [6.45, 7) is 1.03. The van der Waals surface area contributed by atoms with Crippen molar-refractivity contribution >= 4 is 24.8 Å². The van der Waals surface area contributed by atoms with E-state index in [1.54, 1.807) is 18.3 Å². The molecule has 0 bridgehead atoms. The number of nitrogens with zero attached hydrogens (tertiary/aromatic N) is 1. The standard InChI is InChI=1S/C9H12N2O.2ClH/c12-8-4-2-6-11-9(8)7-3-1-5-10-7;;/h2,4,6-7,10,12H,1,3,5H2;2*1H. The van der Waals surface area contributed by atoms with Crippen LogP contribution in [0.2, 0.25) is 0 Å². The Hall–Kier alpha value is -0.510. The Morgan fingerprint density at radius 2 is 2.21 bits per heavy atom. The van der Waals surface area contributed by atoms with Gasteiger partial charge in [-0.1, -0.05) is 0 Å². The summed E-state index contributed by atoms with van der Waals surface area (Å²) in [6, 6.07) is 3.68. The van der Waals surface area contributed by atoms with Crippen molar-refractivity contribution in [3.05, 3.63) is 24.0 Å². The van der Waals surface area contributed by atoms with Gasteiger partial charge in [0.2, 0.25) is 0 Å². The third kappa shape index (κ3) is 2.74. The normalized spacial score (nSPS) is 19.6. The molecule has 0 aliphatic carbocycles. The minimum Gasteiger partial charge on any atom is -0.506 e. The lowest BCUT2D eigenvalue weighted by atomic mass is 10.1. The van der Waals surface area contributed by atoms with E-state index in [4.69, 9.17) is 0 Å². The smallest absolute Gasteiger partial charge is 0.138 e. The fourth-order valence-corrected chi connectivity index (χ4v) is 1.60. The highest BCUT2D eigenvalue weighted by Gasteiger charge is 2.19. The molecule has 2 heterocycles. The quantitative estimate of drug-likeness (QED) is 0.785. The fourth-order valence-electron chi connectivity index (χ4n) is 1.60. The molecular weight excluding hydrogens is 223 g/mol. The van der Waals surface area contributed by atoms with Crippen LogP contribution in [0, 0.1) is 0 Å². The van der Waals surface area contributed by atoms with E-state index in [1.165, 1.54) is 6.42 Å². The summed E-state index contributed by atoms with van der Waals surface area (Å²) in [5.74, 6) is 0.303. The van der Waals surface area contributed by atoms with Crippen molar-refractivity contribution in [2.45, 2.75) is 18.9 Å². The maximum absolute atomic E-state index is 9.47. The van der Waals surface area contributed by atoms with Crippen molar-refractivity contribution < 1.29 is 5.11 Å². The van der Waals surface area contributed by atoms with Gasteiger partial charge >= 0.3 is 0 Å². The van der Waals surface area contributed by atoms with Crippen LogP contribution in [0.5, 0.6) is 5.75 Å². The molecule has 1 fully saturated rings. The summed E-state index contributed by atoms with van der Waals surface area (Å²) in [5, 5.41) is 12.8. The summed E-state index contributed by atoms with van der Waals surface area (Å²) in [4.78, 5) is 4.15. The van der Waals surface area contributed by atoms with Crippen LogP contribution in [0.3, 0.4) is 0 Å². The van der Waals surface area contributed by atoms with Crippen molar-refractivity contribution in [3.63, 3.8) is 0 Å². The number of nitrogens with one attached hydrogen (secondary N) is 1. The Labute approximate surface area is 95.8 Å². The van der Waals surface area contributed by atoms with Crippen LogP contribution in [0.4, 0.5) is 0 Å². The highest BCUT2D eigenvalue weighted by Crippen LogP contribution is 2.27. The number of pyridine rings is 1. The van der Waals surface area contributed by atoms with E-state index in [-0.39, 0.29) is 30.9 Å². The second kappa shape index (κ2) is 6.06. The van der Waals surface area contributed by atoms with Gasteiger partial charge in [0.05, 0.1) is 11.7 Å². The maximum atomic E-state index is 9.47. The van der Waals surface area contributed by atoms with Gasteiger partial charge in [0.15, 0.2) is 0 Å². The molecule has 2 rings (SSSR count). The molecule has 0 saturated carbocycles. The van der Waals surface area contributed by atoms with Crippen LogP contribution >= 0.6 is 24.8 Å². The Balaban J connectivity index is 0.000000845. The van der Waals surface area contributed by atoms with Gasteiger partial charge in [0.1, 0.15) is 5.75 Å². The summed E-state index contributed by atoms with van der Waals surface area (Å²) < 4.78 is 0. The largest absolute Gasteiger partial charge is 0.506 e. The number of hydrogen-bond acceptors (Lipinski definition) is 3. The van der Waals surface area contributed by atoms with E-state index in [0.717, 1.165) is 18.7 Å². The van der Waals surface area contributed by atoms with Gasteiger partial charge < -0.3 is 10.4 Å². The van der Waals surface area contributed by atoms with Gasteiger partial charge in [0.25, 0.3) is 0 Å². The van der Waals surface area contributed by atoms with E-state index < -0.39 is 0 Å². The minimum atomic E-state index is 0. The van der Waals surface area contributed by atoms with E-state index >= 15 is 0 Å². The number of halogens is 2. The molecule has 5 heteroatoms. The molecule has 14 heavy (non-hydrogen) atoms. The molecule has 0 radical (unpaired) electrons. The SMILES string of the molecule is Cl.Cl.Oc1cccnc1C1CCCN1. The predicted octanol–water partition coefficient (Wildman–Crippen LogP) is 2.06. The summed E-state index contributed by atoms with van der Waals surface area (Å²) in [6.07, 6.45) is 3.96. The Morgan fingerprint density at radius 3 is 2.79 bits per heavy atom. The van der Waals surface area contributed by atoms with Crippen molar-refractivity contribution in [1.82, 2.24) is 10.3 Å². The van der Waals surface area contributed by atoms with Crippen LogP contribution in [-0.4, -0.2) is 16.6 Å². The second-order valence-electron chi connectivity index (χ2n) is 3.06. The van der Waals surface area contributed by atoms with Gasteiger partial charge in [-0.05, 0) is 31.5 Å². The number of rotatable bonds is 1. The van der Waals surface area contributed by atoms with Crippen LogP contribution in [-0.2, 0) is 0 Å². The van der Waals surface area contributed by atoms with E-state index in [0.29, 0.717) is 5.75 Å². The van der Waals surface area contributed by atoms with Crippen LogP contribution in [0.15, 0.2) is 18.3 Å². The van der Waals surface area contributed by atoms with Gasteiger partial charge in [-0.15, -0.1) is 24.8 Å². The third-order valence-corrected chi connectivity index (χ3v) is 2.21. The Kier molecular flexibility index (Phi) is 5.84. The molecule has 2 N–H and O–H groups in total. The van der Waals surface area contributed by atoms with E-state index in [9.17, 15) is 5.11 Å². The number of aromatic nitrogens is 1. The van der Waals surface area contributed by atoms with Crippen molar-refractivity contribution in [2.24, 2.45) is 0 Å². The van der Waals surface area contributed by atoms with Crippen molar-refractivity contribution in [3.8, 4) is 5.75 Å². The molecule has 1 saturated heterocycles. The average molecular weight is 237 g/mol. The first-order valence-electron chi connectivity index (χ1n) is 4.25. The van der Waals surface area contributed by atoms with Crippen LogP contribution < -0.4 is 5.32 Å². The zero-order chi connectivity index (χ0) is 8.39. The third-order valence-electron chi connectivity index (χ3n) is 2.21. The summed E-state index contributed by atoms with van der Waals surface area (Å²) in [7, 11) is 0. The minimum absolute atomic E-state index is 0. The molecule has 80 valence electrons. The molecule has 1 unspecified atom stereocenters. The number of hydrogen-bond donors (Lipinski definition) is 2. The van der Waals surface area contributed by atoms with Crippen molar-refractivity contribution in [1.29, 1.82) is 0 Å². The van der Waals surface area contributed by atoms with E-state index in [2.05, 4.69) is 10.3 Å². The molecule has 1 aliphatic heterocycles. The average Bonchev–Trinajstić information content (AvgIpc) is 2.57. The van der Waals surface area contributed by atoms with Crippen LogP contribution in [0.25, 0.3) is 0 Å². The van der Waals surface area contributed by atoms with Gasteiger partial charge in [-0.2, -0.15) is 0 Å². The second-order valence-corrected chi connectivity index (χ2v) is 3.06. The van der Waals surface area contributed by atoms with Crippen LogP contribution in [0.1, 0.15) is 24.6 Å². The van der Waals surface area contributed by atoms with Crippen molar-refractivity contribution in [2.75, 3.05) is 6.54 Å². The molecule has 0 spiro atoms. The first kappa shape index (κ1) is 13.5. The topological polar surface area (TPSA) is 45.2 Å². The fraction of sp³-hybridized carbons (Fsp3) is 0.444. The van der Waals surface area contributed by atoms with Gasteiger partial charge in [-0.3, -0.25) is 4.98 Å². The molecule has 1 aliphatic rings. The first-order chi connectivity index (χ1) is 5.88. The highest BCUT2D eigenvalue weighted by molar-refractivity contribution is 5.85. The highest BCUT2D eigenvalue weighted by atomic mass is 35.5. The van der Waals surface area contributed by atoms with Gasteiger partial charge in [-0.25, -0.2) is 0 Å². The Bertz CT molecular complexity index is 277. The lowest BCUT2D eigenvalue weighted by Crippen LogP contribution is -2.14. The van der Waals surface area contributed by atoms with E-state index in [1.807, 2.05) is 0 Å². The lowest BCUT2D eigenvalue weighted by molar-refractivity contribution is 0.450. The molecule has 1 aromatic heterocycles.